The highest BCUT2D eigenvalue weighted by Crippen LogP contribution is 2.19. The molecule has 0 bridgehead atoms. The van der Waals surface area contributed by atoms with Gasteiger partial charge >= 0.3 is 0 Å². The van der Waals surface area contributed by atoms with Crippen LogP contribution in [0, 0.1) is 0 Å². The van der Waals surface area contributed by atoms with Crippen LogP contribution in [0.5, 0.6) is 0 Å². The zero-order valence-corrected chi connectivity index (χ0v) is 10.6. The number of hydrogen-bond donors (Lipinski definition) is 0. The van der Waals surface area contributed by atoms with E-state index in [1.165, 1.54) is 11.9 Å². The van der Waals surface area contributed by atoms with Crippen LogP contribution in [-0.4, -0.2) is 9.97 Å². The quantitative estimate of drug-likeness (QED) is 0.720. The minimum Gasteiger partial charge on any atom is -0.244 e. The molecule has 0 aliphatic rings. The second kappa shape index (κ2) is 9.34. The molecule has 0 fully saturated rings. The highest BCUT2D eigenvalue weighted by molar-refractivity contribution is 7.08. The first-order valence-electron chi connectivity index (χ1n) is 5.24. The molecular formula is C12H18N2S. The maximum Gasteiger partial charge on any atom is 0.115 e. The van der Waals surface area contributed by atoms with Crippen LogP contribution in [-0.2, 0) is 0 Å². The number of rotatable bonds is 1. The summed E-state index contributed by atoms with van der Waals surface area (Å²) in [5.74, 6) is 0. The van der Waals surface area contributed by atoms with Crippen molar-refractivity contribution in [3.05, 3.63) is 35.5 Å². The van der Waals surface area contributed by atoms with Gasteiger partial charge in [0, 0.05) is 18.0 Å². The highest BCUT2D eigenvalue weighted by Gasteiger charge is 1.95. The van der Waals surface area contributed by atoms with Crippen LogP contribution in [0.1, 0.15) is 27.7 Å². The van der Waals surface area contributed by atoms with Gasteiger partial charge in [0.05, 0.1) is 0 Å². The van der Waals surface area contributed by atoms with Crippen LogP contribution < -0.4 is 0 Å². The standard InChI is InChI=1S/C8H6N2S.2C2H6/c1-2-11-5-7(1)8-3-9-6-10-4-8;2*1-2/h1-6H;2*1-2H3. The average Bonchev–Trinajstić information content (AvgIpc) is 2.89. The SMILES string of the molecule is CC.CC.c1ncc(-c2ccsc2)cn1. The third kappa shape index (κ3) is 4.70. The van der Waals surface area contributed by atoms with Crippen molar-refractivity contribution in [1.82, 2.24) is 9.97 Å². The molecule has 3 heteroatoms. The fourth-order valence-corrected chi connectivity index (χ4v) is 1.54. The Labute approximate surface area is 96.0 Å². The van der Waals surface area contributed by atoms with Gasteiger partial charge in [0.1, 0.15) is 6.33 Å². The minimum atomic E-state index is 1.08. The molecule has 2 aromatic heterocycles. The van der Waals surface area contributed by atoms with Gasteiger partial charge in [0.15, 0.2) is 0 Å². The molecule has 2 aromatic rings. The zero-order valence-electron chi connectivity index (χ0n) is 9.77. The number of thiophene rings is 1. The van der Waals surface area contributed by atoms with E-state index in [-0.39, 0.29) is 0 Å². The molecule has 2 heterocycles. The minimum absolute atomic E-state index is 1.08. The van der Waals surface area contributed by atoms with Crippen LogP contribution in [0.3, 0.4) is 0 Å². The Bertz CT molecular complexity index is 317. The molecule has 0 radical (unpaired) electrons. The summed E-state index contributed by atoms with van der Waals surface area (Å²) in [6.07, 6.45) is 5.17. The van der Waals surface area contributed by atoms with Gasteiger partial charge in [0.2, 0.25) is 0 Å². The molecule has 15 heavy (non-hydrogen) atoms. The van der Waals surface area contributed by atoms with Gasteiger partial charge < -0.3 is 0 Å². The molecule has 0 amide bonds. The molecule has 0 saturated heterocycles. The molecule has 82 valence electrons. The fraction of sp³-hybridized carbons (Fsp3) is 0.333. The van der Waals surface area contributed by atoms with Crippen LogP contribution in [0.2, 0.25) is 0 Å². The van der Waals surface area contributed by atoms with Gasteiger partial charge in [-0.2, -0.15) is 11.3 Å². The van der Waals surface area contributed by atoms with Crippen molar-refractivity contribution in [2.24, 2.45) is 0 Å². The third-order valence-corrected chi connectivity index (χ3v) is 2.10. The normalized spacial score (nSPS) is 8.00. The monoisotopic (exact) mass is 222 g/mol. The Morgan fingerprint density at radius 3 is 2.00 bits per heavy atom. The fourth-order valence-electron chi connectivity index (χ4n) is 0.877. The van der Waals surface area contributed by atoms with Crippen molar-refractivity contribution in [2.45, 2.75) is 27.7 Å². The lowest BCUT2D eigenvalue weighted by Gasteiger charge is -1.92. The van der Waals surface area contributed by atoms with E-state index in [0.29, 0.717) is 0 Å². The number of hydrogen-bond acceptors (Lipinski definition) is 3. The Morgan fingerprint density at radius 1 is 0.933 bits per heavy atom. The number of nitrogens with zero attached hydrogens (tertiary/aromatic N) is 2. The van der Waals surface area contributed by atoms with Crippen molar-refractivity contribution < 1.29 is 0 Å². The summed E-state index contributed by atoms with van der Waals surface area (Å²) in [5.41, 5.74) is 2.27. The summed E-state index contributed by atoms with van der Waals surface area (Å²) in [6.45, 7) is 8.00. The lowest BCUT2D eigenvalue weighted by Crippen LogP contribution is -1.77. The lowest BCUT2D eigenvalue weighted by molar-refractivity contribution is 1.17. The van der Waals surface area contributed by atoms with Crippen LogP contribution in [0.4, 0.5) is 0 Å². The lowest BCUT2D eigenvalue weighted by atomic mass is 10.2. The molecule has 0 saturated carbocycles. The van der Waals surface area contributed by atoms with Crippen LogP contribution >= 0.6 is 11.3 Å². The molecule has 0 aliphatic carbocycles. The van der Waals surface area contributed by atoms with Crippen LogP contribution in [0.15, 0.2) is 35.5 Å². The van der Waals surface area contributed by atoms with Crippen molar-refractivity contribution in [3.8, 4) is 11.1 Å². The van der Waals surface area contributed by atoms with E-state index < -0.39 is 0 Å². The van der Waals surface area contributed by atoms with Gasteiger partial charge in [-0.05, 0) is 22.4 Å². The van der Waals surface area contributed by atoms with E-state index in [0.717, 1.165) is 5.56 Å². The average molecular weight is 222 g/mol. The number of aromatic nitrogens is 2. The van der Waals surface area contributed by atoms with Crippen LogP contribution in [0.25, 0.3) is 11.1 Å². The summed E-state index contributed by atoms with van der Waals surface area (Å²) in [7, 11) is 0. The van der Waals surface area contributed by atoms with E-state index in [2.05, 4.69) is 21.4 Å². The van der Waals surface area contributed by atoms with E-state index >= 15 is 0 Å². The molecule has 0 N–H and O–H groups in total. The van der Waals surface area contributed by atoms with Crippen molar-refractivity contribution >= 4 is 11.3 Å². The molecule has 0 atom stereocenters. The van der Waals surface area contributed by atoms with Gasteiger partial charge in [0.25, 0.3) is 0 Å². The smallest absolute Gasteiger partial charge is 0.115 e. The second-order valence-electron chi connectivity index (χ2n) is 2.14. The van der Waals surface area contributed by atoms with E-state index in [1.54, 1.807) is 11.3 Å². The predicted molar refractivity (Wildman–Crippen MR) is 68.0 cm³/mol. The first-order valence-corrected chi connectivity index (χ1v) is 6.19. The van der Waals surface area contributed by atoms with Crippen molar-refractivity contribution in [3.63, 3.8) is 0 Å². The Hall–Kier alpha value is -1.22. The molecule has 0 aliphatic heterocycles. The second-order valence-corrected chi connectivity index (χ2v) is 2.92. The molecule has 0 unspecified atom stereocenters. The molecule has 2 rings (SSSR count). The Morgan fingerprint density at radius 2 is 1.53 bits per heavy atom. The highest BCUT2D eigenvalue weighted by atomic mass is 32.1. The first-order chi connectivity index (χ1) is 7.47. The zero-order chi connectivity index (χ0) is 11.5. The van der Waals surface area contributed by atoms with Gasteiger partial charge in [-0.15, -0.1) is 0 Å². The van der Waals surface area contributed by atoms with Gasteiger partial charge in [-0.25, -0.2) is 9.97 Å². The maximum atomic E-state index is 3.93. The Kier molecular flexibility index (Phi) is 8.58. The van der Waals surface area contributed by atoms with E-state index in [9.17, 15) is 0 Å². The molecule has 0 spiro atoms. The van der Waals surface area contributed by atoms with E-state index in [1.807, 2.05) is 45.5 Å². The molecule has 2 nitrogen and oxygen atoms in total. The summed E-state index contributed by atoms with van der Waals surface area (Å²) < 4.78 is 0. The Balaban J connectivity index is 0.000000442. The predicted octanol–water partition coefficient (Wildman–Crippen LogP) is 4.26. The topological polar surface area (TPSA) is 25.8 Å². The summed E-state index contributed by atoms with van der Waals surface area (Å²) in [6, 6.07) is 2.06. The molecular weight excluding hydrogens is 204 g/mol. The maximum absolute atomic E-state index is 3.93. The van der Waals surface area contributed by atoms with Crippen molar-refractivity contribution in [2.75, 3.05) is 0 Å². The summed E-state index contributed by atoms with van der Waals surface area (Å²) in [4.78, 5) is 7.87. The molecule has 0 aromatic carbocycles. The van der Waals surface area contributed by atoms with E-state index in [4.69, 9.17) is 0 Å². The first kappa shape index (κ1) is 13.8. The third-order valence-electron chi connectivity index (χ3n) is 1.42. The largest absolute Gasteiger partial charge is 0.244 e. The van der Waals surface area contributed by atoms with Gasteiger partial charge in [-0.3, -0.25) is 0 Å². The van der Waals surface area contributed by atoms with Crippen molar-refractivity contribution in [1.29, 1.82) is 0 Å². The van der Waals surface area contributed by atoms with Gasteiger partial charge in [-0.1, -0.05) is 27.7 Å². The summed E-state index contributed by atoms with van der Waals surface area (Å²) >= 11 is 1.68. The summed E-state index contributed by atoms with van der Waals surface area (Å²) in [5, 5.41) is 4.13.